The summed E-state index contributed by atoms with van der Waals surface area (Å²) in [4.78, 5) is 35.5. The third-order valence-corrected chi connectivity index (χ3v) is 3.63. The minimum absolute atomic E-state index is 0. The van der Waals surface area contributed by atoms with Gasteiger partial charge in [-0.05, 0) is 56.7 Å². The van der Waals surface area contributed by atoms with Crippen molar-refractivity contribution in [2.24, 2.45) is 0 Å². The molecule has 2 amide bonds. The minimum atomic E-state index is -1.19. The van der Waals surface area contributed by atoms with Crippen molar-refractivity contribution in [3.63, 3.8) is 0 Å². The van der Waals surface area contributed by atoms with E-state index in [-0.39, 0.29) is 20.5 Å². The highest BCUT2D eigenvalue weighted by atomic mass is 16.6. The summed E-state index contributed by atoms with van der Waals surface area (Å²) >= 11 is 0. The highest BCUT2D eigenvalue weighted by molar-refractivity contribution is 6.10. The number of nitrogens with one attached hydrogen (secondary N) is 2. The molecule has 2 aromatic carbocycles. The molecule has 0 radical (unpaired) electrons. The maximum atomic E-state index is 12.5. The number of alkyl carbamates (subject to hydrolysis) is 1. The first-order valence-corrected chi connectivity index (χ1v) is 8.56. The van der Waals surface area contributed by atoms with Crippen LogP contribution in [0.15, 0.2) is 42.5 Å². The van der Waals surface area contributed by atoms with Crippen LogP contribution in [0.3, 0.4) is 0 Å². The predicted molar refractivity (Wildman–Crippen MR) is 110 cm³/mol. The van der Waals surface area contributed by atoms with Gasteiger partial charge in [0.1, 0.15) is 5.60 Å². The number of hydrogen-bond donors (Lipinski definition) is 4. The van der Waals surface area contributed by atoms with Crippen molar-refractivity contribution in [3.8, 4) is 0 Å². The largest absolute Gasteiger partial charge is 0.478 e. The number of benzene rings is 2. The van der Waals surface area contributed by atoms with Gasteiger partial charge in [0.25, 0.3) is 5.91 Å². The molecular weight excluding hydrogens is 362 g/mol. The zero-order chi connectivity index (χ0) is 20.9. The van der Waals surface area contributed by atoms with E-state index < -0.39 is 23.6 Å². The number of rotatable bonds is 5. The van der Waals surface area contributed by atoms with Crippen molar-refractivity contribution in [2.75, 3.05) is 11.1 Å². The Hall–Kier alpha value is -3.55. The Morgan fingerprint density at radius 3 is 2.36 bits per heavy atom. The molecule has 0 saturated carbocycles. The lowest BCUT2D eigenvalue weighted by atomic mass is 10.1. The predicted octanol–water partition coefficient (Wildman–Crippen LogP) is 3.74. The van der Waals surface area contributed by atoms with Crippen LogP contribution >= 0.6 is 0 Å². The van der Waals surface area contributed by atoms with Crippen LogP contribution in [0, 0.1) is 0 Å². The summed E-state index contributed by atoms with van der Waals surface area (Å²) in [6.07, 6.45) is -0.586. The topological polar surface area (TPSA) is 131 Å². The van der Waals surface area contributed by atoms with Crippen LogP contribution in [-0.4, -0.2) is 28.7 Å². The molecular formula is C20H27N3O5. The first-order chi connectivity index (χ1) is 13.1. The fourth-order valence-electron chi connectivity index (χ4n) is 2.38. The molecule has 0 unspecified atom stereocenters. The number of carboxylic acids is 1. The third kappa shape index (κ3) is 5.73. The van der Waals surface area contributed by atoms with Gasteiger partial charge in [-0.1, -0.05) is 12.1 Å². The van der Waals surface area contributed by atoms with Crippen molar-refractivity contribution >= 4 is 29.3 Å². The molecule has 5 N–H and O–H groups in total. The van der Waals surface area contributed by atoms with Gasteiger partial charge in [0, 0.05) is 20.8 Å². The lowest BCUT2D eigenvalue weighted by Gasteiger charge is -2.20. The molecule has 0 aliphatic carbocycles. The molecule has 0 heterocycles. The Morgan fingerprint density at radius 2 is 1.75 bits per heavy atom. The van der Waals surface area contributed by atoms with Crippen molar-refractivity contribution in [3.05, 3.63) is 59.2 Å². The van der Waals surface area contributed by atoms with Crippen LogP contribution in [0.25, 0.3) is 0 Å². The summed E-state index contributed by atoms with van der Waals surface area (Å²) in [6.45, 7) is 5.38. The van der Waals surface area contributed by atoms with Crippen LogP contribution in [0.2, 0.25) is 0 Å². The maximum absolute atomic E-state index is 12.5. The minimum Gasteiger partial charge on any atom is -0.478 e. The van der Waals surface area contributed by atoms with Gasteiger partial charge in [-0.2, -0.15) is 0 Å². The Labute approximate surface area is 165 Å². The molecule has 0 spiro atoms. The lowest BCUT2D eigenvalue weighted by molar-refractivity contribution is 0.0523. The van der Waals surface area contributed by atoms with Crippen molar-refractivity contribution in [1.82, 2.24) is 5.32 Å². The lowest BCUT2D eigenvalue weighted by Crippen LogP contribution is -2.32. The molecule has 0 aliphatic rings. The number of ether oxygens (including phenoxy) is 1. The van der Waals surface area contributed by atoms with Gasteiger partial charge in [0.15, 0.2) is 0 Å². The van der Waals surface area contributed by atoms with Crippen LogP contribution in [0.5, 0.6) is 0 Å². The number of hydrogen-bond acceptors (Lipinski definition) is 5. The fraction of sp³-hybridized carbons (Fsp3) is 0.250. The second kappa shape index (κ2) is 8.43. The van der Waals surface area contributed by atoms with Crippen molar-refractivity contribution < 1.29 is 27.1 Å². The first kappa shape index (κ1) is 20.8. The summed E-state index contributed by atoms with van der Waals surface area (Å²) in [5.41, 5.74) is 6.68. The molecule has 0 aliphatic heterocycles. The standard InChI is InChI=1S/C20H23N3O5.2H2/c1-20(2,3)28-19(27)22-11-12-10-13(8-9-16(12)21)23-17(24)14-6-4-5-7-15(14)18(25)26;;/h4-10H,11,21H2,1-3H3,(H,22,27)(H,23,24)(H,25,26);2*1H. The van der Waals surface area contributed by atoms with Crippen molar-refractivity contribution in [1.29, 1.82) is 0 Å². The zero-order valence-corrected chi connectivity index (χ0v) is 15.9. The molecule has 2 rings (SSSR count). The molecule has 0 saturated heterocycles. The normalized spacial score (nSPS) is 10.8. The highest BCUT2D eigenvalue weighted by Gasteiger charge is 2.17. The van der Waals surface area contributed by atoms with Gasteiger partial charge >= 0.3 is 12.1 Å². The van der Waals surface area contributed by atoms with E-state index in [0.717, 1.165) is 0 Å². The van der Waals surface area contributed by atoms with Gasteiger partial charge in [0.2, 0.25) is 0 Å². The summed E-state index contributed by atoms with van der Waals surface area (Å²) < 4.78 is 5.17. The van der Waals surface area contributed by atoms with Crippen LogP contribution in [0.4, 0.5) is 16.2 Å². The zero-order valence-electron chi connectivity index (χ0n) is 15.9. The molecule has 28 heavy (non-hydrogen) atoms. The van der Waals surface area contributed by atoms with Gasteiger partial charge in [-0.3, -0.25) is 4.79 Å². The van der Waals surface area contributed by atoms with Crippen LogP contribution in [-0.2, 0) is 11.3 Å². The molecule has 152 valence electrons. The maximum Gasteiger partial charge on any atom is 0.407 e. The number of carboxylic acid groups (broad SMARTS) is 1. The Bertz CT molecular complexity index is 914. The van der Waals surface area contributed by atoms with Gasteiger partial charge in [0.05, 0.1) is 11.1 Å². The highest BCUT2D eigenvalue weighted by Crippen LogP contribution is 2.20. The quantitative estimate of drug-likeness (QED) is 0.576. The number of carbonyl (C=O) groups excluding carboxylic acids is 2. The SMILES string of the molecule is CC(C)(C)OC(=O)NCc1cc(NC(=O)c2ccccc2C(=O)O)ccc1N.[HH].[HH]. The van der Waals surface area contributed by atoms with E-state index in [1.165, 1.54) is 12.1 Å². The van der Waals surface area contributed by atoms with Gasteiger partial charge in [-0.15, -0.1) is 0 Å². The smallest absolute Gasteiger partial charge is 0.407 e. The molecule has 8 heteroatoms. The molecule has 2 aromatic rings. The third-order valence-electron chi connectivity index (χ3n) is 3.63. The van der Waals surface area contributed by atoms with E-state index in [4.69, 9.17) is 10.5 Å². The van der Waals surface area contributed by atoms with E-state index in [2.05, 4.69) is 10.6 Å². The summed E-state index contributed by atoms with van der Waals surface area (Å²) in [7, 11) is 0. The summed E-state index contributed by atoms with van der Waals surface area (Å²) in [5.74, 6) is -1.75. The van der Waals surface area contributed by atoms with Gasteiger partial charge < -0.3 is 26.2 Å². The monoisotopic (exact) mass is 389 g/mol. The number of carbonyl (C=O) groups is 3. The van der Waals surface area contributed by atoms with Crippen LogP contribution in [0.1, 0.15) is 49.9 Å². The molecule has 0 fully saturated rings. The number of amides is 2. The molecule has 0 aromatic heterocycles. The van der Waals surface area contributed by atoms with E-state index in [0.29, 0.717) is 16.9 Å². The second-order valence-corrected chi connectivity index (χ2v) is 7.07. The molecule has 0 atom stereocenters. The molecule has 8 nitrogen and oxygen atoms in total. The number of aromatic carboxylic acids is 1. The second-order valence-electron chi connectivity index (χ2n) is 7.07. The summed E-state index contributed by atoms with van der Waals surface area (Å²) in [6, 6.07) is 10.7. The number of nitrogen functional groups attached to an aromatic ring is 1. The number of anilines is 2. The average Bonchev–Trinajstić information content (AvgIpc) is 2.60. The first-order valence-electron chi connectivity index (χ1n) is 8.56. The van der Waals surface area contributed by atoms with E-state index in [1.807, 2.05) is 0 Å². The fourth-order valence-corrected chi connectivity index (χ4v) is 2.38. The molecule has 0 bridgehead atoms. The summed E-state index contributed by atoms with van der Waals surface area (Å²) in [5, 5.41) is 14.5. The van der Waals surface area contributed by atoms with Crippen LogP contribution < -0.4 is 16.4 Å². The van der Waals surface area contributed by atoms with Crippen molar-refractivity contribution in [2.45, 2.75) is 32.9 Å². The average molecular weight is 389 g/mol. The van der Waals surface area contributed by atoms with Gasteiger partial charge in [-0.25, -0.2) is 9.59 Å². The van der Waals surface area contributed by atoms with E-state index in [1.54, 1.807) is 51.1 Å². The van der Waals surface area contributed by atoms with E-state index >= 15 is 0 Å². The van der Waals surface area contributed by atoms with E-state index in [9.17, 15) is 19.5 Å². The Morgan fingerprint density at radius 1 is 1.11 bits per heavy atom. The Kier molecular flexibility index (Phi) is 6.25. The Balaban J connectivity index is 0.00000420. The number of nitrogens with two attached hydrogens (primary N) is 1.